The van der Waals surface area contributed by atoms with Gasteiger partial charge >= 0.3 is 5.69 Å². The van der Waals surface area contributed by atoms with Gasteiger partial charge in [0.15, 0.2) is 0 Å². The second-order valence-electron chi connectivity index (χ2n) is 7.52. The van der Waals surface area contributed by atoms with Crippen molar-refractivity contribution in [3.05, 3.63) is 34.2 Å². The molecule has 0 radical (unpaired) electrons. The number of imidazole rings is 1. The maximum Gasteiger partial charge on any atom is 0.326 e. The summed E-state index contributed by atoms with van der Waals surface area (Å²) >= 11 is 0. The summed E-state index contributed by atoms with van der Waals surface area (Å²) in [7, 11) is 0. The fourth-order valence-corrected chi connectivity index (χ4v) is 4.33. The minimum absolute atomic E-state index is 0. The smallest absolute Gasteiger partial charge is 0.326 e. The zero-order valence-electron chi connectivity index (χ0n) is 15.1. The molecule has 2 fully saturated rings. The minimum Gasteiger partial charge on any atom is -0.349 e. The SMILES string of the molecule is CC1CC(NC(=O)c2ccc3c(c2)[nH]c(=O)n3C2CCCC2)CCN1.Cl. The zero-order chi connectivity index (χ0) is 17.4. The summed E-state index contributed by atoms with van der Waals surface area (Å²) < 4.78 is 1.87. The van der Waals surface area contributed by atoms with Gasteiger partial charge in [-0.2, -0.15) is 0 Å². The van der Waals surface area contributed by atoms with E-state index in [4.69, 9.17) is 0 Å². The minimum atomic E-state index is -0.0633. The third-order valence-electron chi connectivity index (χ3n) is 5.63. The lowest BCUT2D eigenvalue weighted by atomic mass is 10.00. The van der Waals surface area contributed by atoms with E-state index in [9.17, 15) is 9.59 Å². The van der Waals surface area contributed by atoms with Gasteiger partial charge in [-0.15, -0.1) is 12.4 Å². The van der Waals surface area contributed by atoms with Crippen molar-refractivity contribution in [2.24, 2.45) is 0 Å². The molecule has 2 heterocycles. The van der Waals surface area contributed by atoms with Crippen LogP contribution in [0, 0.1) is 0 Å². The number of nitrogens with one attached hydrogen (secondary N) is 3. The topological polar surface area (TPSA) is 78.9 Å². The van der Waals surface area contributed by atoms with Crippen LogP contribution in [-0.4, -0.2) is 34.1 Å². The van der Waals surface area contributed by atoms with E-state index in [2.05, 4.69) is 22.5 Å². The number of halogens is 1. The summed E-state index contributed by atoms with van der Waals surface area (Å²) in [6.45, 7) is 3.07. The van der Waals surface area contributed by atoms with E-state index in [1.54, 1.807) is 0 Å². The molecule has 1 saturated heterocycles. The Balaban J connectivity index is 0.00000196. The molecule has 1 saturated carbocycles. The second kappa shape index (κ2) is 7.84. The highest BCUT2D eigenvalue weighted by molar-refractivity contribution is 5.97. The van der Waals surface area contributed by atoms with Gasteiger partial charge in [0.1, 0.15) is 0 Å². The van der Waals surface area contributed by atoms with Crippen molar-refractivity contribution in [1.29, 1.82) is 0 Å². The maximum atomic E-state index is 12.6. The average molecular weight is 379 g/mol. The van der Waals surface area contributed by atoms with Gasteiger partial charge in [-0.1, -0.05) is 12.8 Å². The number of carbonyl (C=O) groups excluding carboxylic acids is 1. The summed E-state index contributed by atoms with van der Waals surface area (Å²) in [5, 5.41) is 6.52. The second-order valence-corrected chi connectivity index (χ2v) is 7.52. The molecule has 7 heteroatoms. The molecule has 1 amide bonds. The average Bonchev–Trinajstić information content (AvgIpc) is 3.20. The highest BCUT2D eigenvalue weighted by Crippen LogP contribution is 2.30. The highest BCUT2D eigenvalue weighted by Gasteiger charge is 2.23. The Morgan fingerprint density at radius 1 is 1.23 bits per heavy atom. The number of aromatic nitrogens is 2. The molecular weight excluding hydrogens is 352 g/mol. The number of fused-ring (bicyclic) bond motifs is 1. The molecule has 0 spiro atoms. The molecule has 1 aromatic carbocycles. The van der Waals surface area contributed by atoms with Crippen molar-refractivity contribution in [3.8, 4) is 0 Å². The third kappa shape index (κ3) is 3.67. The molecule has 2 aromatic rings. The largest absolute Gasteiger partial charge is 0.349 e. The summed E-state index contributed by atoms with van der Waals surface area (Å²) in [5.41, 5.74) is 2.21. The molecule has 2 atom stereocenters. The lowest BCUT2D eigenvalue weighted by Crippen LogP contribution is -2.46. The third-order valence-corrected chi connectivity index (χ3v) is 5.63. The monoisotopic (exact) mass is 378 g/mol. The molecule has 1 aromatic heterocycles. The van der Waals surface area contributed by atoms with Crippen molar-refractivity contribution in [2.75, 3.05) is 6.54 Å². The molecule has 2 aliphatic rings. The molecule has 4 rings (SSSR count). The quantitative estimate of drug-likeness (QED) is 0.768. The lowest BCUT2D eigenvalue weighted by Gasteiger charge is -2.28. The van der Waals surface area contributed by atoms with Crippen molar-refractivity contribution in [3.63, 3.8) is 0 Å². The van der Waals surface area contributed by atoms with Gasteiger partial charge in [-0.3, -0.25) is 9.36 Å². The van der Waals surface area contributed by atoms with Crippen LogP contribution in [0.5, 0.6) is 0 Å². The molecule has 142 valence electrons. The van der Waals surface area contributed by atoms with Crippen molar-refractivity contribution < 1.29 is 4.79 Å². The molecule has 1 aliphatic heterocycles. The number of rotatable bonds is 3. The first kappa shape index (κ1) is 19.0. The summed E-state index contributed by atoms with van der Waals surface area (Å²) in [6.07, 6.45) is 6.37. The summed E-state index contributed by atoms with van der Waals surface area (Å²) in [4.78, 5) is 27.9. The van der Waals surface area contributed by atoms with Crippen LogP contribution in [0.25, 0.3) is 11.0 Å². The van der Waals surface area contributed by atoms with Crippen LogP contribution in [-0.2, 0) is 0 Å². The maximum absolute atomic E-state index is 12.6. The van der Waals surface area contributed by atoms with E-state index in [-0.39, 0.29) is 36.1 Å². The van der Waals surface area contributed by atoms with E-state index in [0.717, 1.165) is 43.3 Å². The number of benzene rings is 1. The number of hydrogen-bond donors (Lipinski definition) is 3. The van der Waals surface area contributed by atoms with Crippen LogP contribution < -0.4 is 16.3 Å². The Labute approximate surface area is 159 Å². The Kier molecular flexibility index (Phi) is 5.73. The van der Waals surface area contributed by atoms with Gasteiger partial charge in [0.05, 0.1) is 11.0 Å². The van der Waals surface area contributed by atoms with E-state index < -0.39 is 0 Å². The Bertz CT molecular complexity index is 838. The first-order chi connectivity index (χ1) is 12.1. The number of amides is 1. The lowest BCUT2D eigenvalue weighted by molar-refractivity contribution is 0.0926. The van der Waals surface area contributed by atoms with Crippen LogP contribution in [0.2, 0.25) is 0 Å². The number of piperidine rings is 1. The predicted octanol–water partition coefficient (Wildman–Crippen LogP) is 2.74. The molecule has 1 aliphatic carbocycles. The van der Waals surface area contributed by atoms with Gasteiger partial charge in [0.2, 0.25) is 0 Å². The van der Waals surface area contributed by atoms with Crippen molar-refractivity contribution in [1.82, 2.24) is 20.2 Å². The standard InChI is InChI=1S/C19H26N4O2.ClH/c1-12-10-14(8-9-20-12)21-18(24)13-6-7-17-16(11-13)22-19(25)23(17)15-4-2-3-5-15;/h6-7,11-12,14-15,20H,2-5,8-10H2,1H3,(H,21,24)(H,22,25);1H. The predicted molar refractivity (Wildman–Crippen MR) is 105 cm³/mol. The molecule has 2 unspecified atom stereocenters. The number of H-pyrrole nitrogens is 1. The normalized spacial score (nSPS) is 23.7. The Morgan fingerprint density at radius 3 is 2.73 bits per heavy atom. The van der Waals surface area contributed by atoms with Gasteiger partial charge in [0.25, 0.3) is 5.91 Å². The zero-order valence-corrected chi connectivity index (χ0v) is 15.9. The highest BCUT2D eigenvalue weighted by atomic mass is 35.5. The molecule has 26 heavy (non-hydrogen) atoms. The van der Waals surface area contributed by atoms with Crippen LogP contribution in [0.3, 0.4) is 0 Å². The fourth-order valence-electron chi connectivity index (χ4n) is 4.33. The summed E-state index contributed by atoms with van der Waals surface area (Å²) in [6, 6.07) is 6.48. The number of hydrogen-bond acceptors (Lipinski definition) is 3. The molecule has 3 N–H and O–H groups in total. The van der Waals surface area contributed by atoms with Gasteiger partial charge in [0, 0.05) is 23.7 Å². The first-order valence-electron chi connectivity index (χ1n) is 9.40. The first-order valence-corrected chi connectivity index (χ1v) is 9.40. The van der Waals surface area contributed by atoms with Crippen LogP contribution in [0.15, 0.2) is 23.0 Å². The number of nitrogens with zero attached hydrogens (tertiary/aromatic N) is 1. The van der Waals surface area contributed by atoms with Gasteiger partial charge in [-0.25, -0.2) is 4.79 Å². The number of carbonyl (C=O) groups is 1. The Hall–Kier alpha value is -1.79. The van der Waals surface area contributed by atoms with E-state index in [0.29, 0.717) is 11.6 Å². The van der Waals surface area contributed by atoms with E-state index >= 15 is 0 Å². The number of aromatic amines is 1. The van der Waals surface area contributed by atoms with Crippen LogP contribution in [0.4, 0.5) is 0 Å². The van der Waals surface area contributed by atoms with Crippen LogP contribution >= 0.6 is 12.4 Å². The van der Waals surface area contributed by atoms with E-state index in [1.165, 1.54) is 12.8 Å². The van der Waals surface area contributed by atoms with E-state index in [1.807, 2.05) is 22.8 Å². The van der Waals surface area contributed by atoms with Gasteiger partial charge in [-0.05, 0) is 57.4 Å². The van der Waals surface area contributed by atoms with Crippen LogP contribution in [0.1, 0.15) is 61.8 Å². The van der Waals surface area contributed by atoms with Gasteiger partial charge < -0.3 is 15.6 Å². The summed E-state index contributed by atoms with van der Waals surface area (Å²) in [5.74, 6) is -0.0598. The Morgan fingerprint density at radius 2 is 2.00 bits per heavy atom. The van der Waals surface area contributed by atoms with Crippen molar-refractivity contribution in [2.45, 2.75) is 63.6 Å². The molecular formula is C19H27ClN4O2. The fraction of sp³-hybridized carbons (Fsp3) is 0.579. The molecule has 6 nitrogen and oxygen atoms in total. The van der Waals surface area contributed by atoms with Crippen molar-refractivity contribution >= 4 is 29.3 Å². The molecule has 0 bridgehead atoms.